The highest BCUT2D eigenvalue weighted by molar-refractivity contribution is 8.02. The van der Waals surface area contributed by atoms with Gasteiger partial charge in [0.15, 0.2) is 0 Å². The number of allylic oxidation sites excluding steroid dienone is 2. The van der Waals surface area contributed by atoms with Gasteiger partial charge in [-0.15, -0.1) is 23.1 Å². The monoisotopic (exact) mass is 619 g/mol. The second kappa shape index (κ2) is 11.5. The van der Waals surface area contributed by atoms with Crippen molar-refractivity contribution in [2.24, 2.45) is 10.9 Å². The van der Waals surface area contributed by atoms with Gasteiger partial charge in [0.1, 0.15) is 10.4 Å². The van der Waals surface area contributed by atoms with Crippen LogP contribution in [0.2, 0.25) is 0 Å². The molecular formula is C38H29N5S2. The smallest absolute Gasteiger partial charge is 0.141 e. The van der Waals surface area contributed by atoms with Crippen LogP contribution in [-0.2, 0) is 0 Å². The fourth-order valence-corrected chi connectivity index (χ4v) is 7.60. The van der Waals surface area contributed by atoms with Gasteiger partial charge in [-0.1, -0.05) is 79.9 Å². The molecule has 1 aliphatic heterocycles. The Morgan fingerprint density at radius 1 is 1.02 bits per heavy atom. The molecule has 3 aromatic carbocycles. The van der Waals surface area contributed by atoms with E-state index in [0.717, 1.165) is 56.3 Å². The van der Waals surface area contributed by atoms with Crippen molar-refractivity contribution < 1.29 is 0 Å². The first-order chi connectivity index (χ1) is 22.2. The highest BCUT2D eigenvalue weighted by atomic mass is 32.2. The molecule has 0 saturated heterocycles. The van der Waals surface area contributed by atoms with Crippen LogP contribution in [0.4, 0.5) is 0 Å². The van der Waals surface area contributed by atoms with E-state index in [1.807, 2.05) is 11.6 Å². The number of benzene rings is 3. The molecule has 8 rings (SSSR count). The largest absolute Gasteiger partial charge is 0.374 e. The van der Waals surface area contributed by atoms with Crippen molar-refractivity contribution in [1.82, 2.24) is 19.9 Å². The van der Waals surface area contributed by atoms with Crippen molar-refractivity contribution in [1.29, 1.82) is 0 Å². The standard InChI is InChI=1S/C38H29N5S2/c1-3-31(37-39-18-20-44-37)41-24(2)26-14-16-29-30-17-15-27(32-11-7-12-33(42-32)38-40-19-21-45-38)23-36(30)43(35(29)22-26)34-13-6-9-25-8-4-5-10-28(25)34/h3-13,15-23,26,38,40H,1-2,14H2. The Bertz CT molecular complexity index is 2300. The number of thiazole rings is 1. The third kappa shape index (κ3) is 4.94. The molecule has 6 aromatic rings. The summed E-state index contributed by atoms with van der Waals surface area (Å²) >= 11 is 3.29. The Labute approximate surface area is 269 Å². The van der Waals surface area contributed by atoms with Gasteiger partial charge in [0, 0.05) is 50.9 Å². The SMILES string of the molecule is C=CC(=NC(=C)C1C=c2c(c3ccc(-c4cccc(C5NC=CS5)n4)cc3n2-c2cccc3ccccc23)=CC1)c1nccs1. The van der Waals surface area contributed by atoms with E-state index in [-0.39, 0.29) is 11.3 Å². The minimum absolute atomic E-state index is 0.0355. The minimum Gasteiger partial charge on any atom is -0.374 e. The summed E-state index contributed by atoms with van der Waals surface area (Å²) in [6.07, 6.45) is 11.0. The quantitative estimate of drug-likeness (QED) is 0.185. The van der Waals surface area contributed by atoms with Crippen LogP contribution in [0.5, 0.6) is 0 Å². The van der Waals surface area contributed by atoms with Crippen LogP contribution in [0, 0.1) is 5.92 Å². The molecule has 7 heteroatoms. The van der Waals surface area contributed by atoms with Crippen LogP contribution < -0.4 is 15.9 Å². The molecule has 1 aliphatic carbocycles. The molecular weight excluding hydrogens is 591 g/mol. The average molecular weight is 620 g/mol. The Hall–Kier alpha value is -4.98. The summed E-state index contributed by atoms with van der Waals surface area (Å²) in [7, 11) is 0. The molecule has 0 amide bonds. The summed E-state index contributed by atoms with van der Waals surface area (Å²) in [5.41, 5.74) is 6.90. The predicted molar refractivity (Wildman–Crippen MR) is 191 cm³/mol. The topological polar surface area (TPSA) is 55.1 Å². The number of nitrogens with one attached hydrogen (secondary N) is 1. The highest BCUT2D eigenvalue weighted by Crippen LogP contribution is 2.32. The zero-order valence-corrected chi connectivity index (χ0v) is 26.1. The first kappa shape index (κ1) is 27.6. The summed E-state index contributed by atoms with van der Waals surface area (Å²) in [4.78, 5) is 14.4. The van der Waals surface area contributed by atoms with Crippen LogP contribution in [0.25, 0.3) is 50.8 Å². The fourth-order valence-electron chi connectivity index (χ4n) is 6.23. The number of hydrogen-bond donors (Lipinski definition) is 1. The summed E-state index contributed by atoms with van der Waals surface area (Å²) in [5, 5.41) is 14.4. The van der Waals surface area contributed by atoms with Crippen molar-refractivity contribution in [2.75, 3.05) is 0 Å². The number of aliphatic imine (C=N–C) groups is 1. The summed E-state index contributed by atoms with van der Waals surface area (Å²) < 4.78 is 2.41. The van der Waals surface area contributed by atoms with Gasteiger partial charge in [-0.25, -0.2) is 9.97 Å². The predicted octanol–water partition coefficient (Wildman–Crippen LogP) is 7.88. The van der Waals surface area contributed by atoms with Crippen LogP contribution >= 0.6 is 23.1 Å². The molecule has 0 bridgehead atoms. The molecule has 0 radical (unpaired) electrons. The zero-order chi connectivity index (χ0) is 30.3. The van der Waals surface area contributed by atoms with E-state index in [1.54, 1.807) is 35.4 Å². The third-order valence-electron chi connectivity index (χ3n) is 8.39. The first-order valence-corrected chi connectivity index (χ1v) is 16.7. The van der Waals surface area contributed by atoms with Gasteiger partial charge in [0.25, 0.3) is 0 Å². The van der Waals surface area contributed by atoms with Gasteiger partial charge in [-0.05, 0) is 47.6 Å². The molecule has 218 valence electrons. The summed E-state index contributed by atoms with van der Waals surface area (Å²) in [5.74, 6) is 0.0355. The van der Waals surface area contributed by atoms with E-state index in [4.69, 9.17) is 9.98 Å². The molecule has 0 spiro atoms. The molecule has 0 saturated carbocycles. The van der Waals surface area contributed by atoms with Crippen LogP contribution in [-0.4, -0.2) is 20.2 Å². The maximum Gasteiger partial charge on any atom is 0.141 e. The van der Waals surface area contributed by atoms with Gasteiger partial charge in [0.2, 0.25) is 0 Å². The van der Waals surface area contributed by atoms with Gasteiger partial charge in [-0.2, -0.15) is 0 Å². The van der Waals surface area contributed by atoms with E-state index in [2.05, 4.69) is 124 Å². The molecule has 4 heterocycles. The van der Waals surface area contributed by atoms with Gasteiger partial charge in [-0.3, -0.25) is 4.99 Å². The number of pyridine rings is 1. The molecule has 5 nitrogen and oxygen atoms in total. The van der Waals surface area contributed by atoms with Gasteiger partial charge in [0.05, 0.1) is 33.7 Å². The Morgan fingerprint density at radius 2 is 1.91 bits per heavy atom. The first-order valence-electron chi connectivity index (χ1n) is 14.9. The molecule has 0 fully saturated rings. The van der Waals surface area contributed by atoms with E-state index in [0.29, 0.717) is 0 Å². The van der Waals surface area contributed by atoms with Gasteiger partial charge < -0.3 is 9.88 Å². The van der Waals surface area contributed by atoms with E-state index in [1.165, 1.54) is 21.4 Å². The Balaban J connectivity index is 1.32. The van der Waals surface area contributed by atoms with Crippen molar-refractivity contribution >= 4 is 62.6 Å². The fraction of sp³-hybridized carbons (Fsp3) is 0.0789. The molecule has 45 heavy (non-hydrogen) atoms. The molecule has 1 N–H and O–H groups in total. The van der Waals surface area contributed by atoms with Crippen molar-refractivity contribution in [3.63, 3.8) is 0 Å². The van der Waals surface area contributed by atoms with Crippen LogP contribution in [0.1, 0.15) is 22.5 Å². The van der Waals surface area contributed by atoms with Gasteiger partial charge >= 0.3 is 0 Å². The number of hydrogen-bond acceptors (Lipinski definition) is 6. The molecule has 2 aliphatic rings. The summed E-state index contributed by atoms with van der Waals surface area (Å²) in [6, 6.07) is 28.1. The van der Waals surface area contributed by atoms with Crippen LogP contribution in [0.15, 0.2) is 132 Å². The number of aromatic nitrogens is 3. The molecule has 2 unspecified atom stereocenters. The lowest BCUT2D eigenvalue weighted by Crippen LogP contribution is -2.32. The lowest BCUT2D eigenvalue weighted by Gasteiger charge is -2.16. The number of rotatable bonds is 7. The zero-order valence-electron chi connectivity index (χ0n) is 24.4. The number of thioether (sulfide) groups is 1. The minimum atomic E-state index is 0.0355. The van der Waals surface area contributed by atoms with Crippen molar-refractivity contribution in [3.05, 3.63) is 148 Å². The third-order valence-corrected chi connectivity index (χ3v) is 10.1. The maximum atomic E-state index is 5.07. The Kier molecular flexibility index (Phi) is 7.05. The Morgan fingerprint density at radius 3 is 2.76 bits per heavy atom. The maximum absolute atomic E-state index is 5.07. The van der Waals surface area contributed by atoms with Crippen LogP contribution in [0.3, 0.4) is 0 Å². The number of fused-ring (bicyclic) bond motifs is 4. The average Bonchev–Trinajstić information content (AvgIpc) is 3.88. The van der Waals surface area contributed by atoms with Crippen molar-refractivity contribution in [3.8, 4) is 16.9 Å². The second-order valence-electron chi connectivity index (χ2n) is 11.0. The van der Waals surface area contributed by atoms with E-state index >= 15 is 0 Å². The van der Waals surface area contributed by atoms with Crippen molar-refractivity contribution in [2.45, 2.75) is 11.8 Å². The highest BCUT2D eigenvalue weighted by Gasteiger charge is 2.20. The number of nitrogens with zero attached hydrogens (tertiary/aromatic N) is 4. The molecule has 2 atom stereocenters. The van der Waals surface area contributed by atoms with E-state index in [9.17, 15) is 0 Å². The lowest BCUT2D eigenvalue weighted by atomic mass is 9.96. The lowest BCUT2D eigenvalue weighted by molar-refractivity contribution is 0.814. The molecule has 3 aromatic heterocycles. The second-order valence-corrected chi connectivity index (χ2v) is 13.0. The van der Waals surface area contributed by atoms with E-state index < -0.39 is 0 Å². The summed E-state index contributed by atoms with van der Waals surface area (Å²) in [6.45, 7) is 8.39. The normalized spacial score (nSPS) is 17.5.